The van der Waals surface area contributed by atoms with Crippen LogP contribution in [0.5, 0.6) is 11.5 Å². The molecule has 1 heterocycles. The largest absolute Gasteiger partial charge is 0.493 e. The zero-order chi connectivity index (χ0) is 21.6. The highest BCUT2D eigenvalue weighted by Crippen LogP contribution is 2.28. The second-order valence-corrected chi connectivity index (χ2v) is 7.29. The van der Waals surface area contributed by atoms with Crippen molar-refractivity contribution in [2.45, 2.75) is 13.5 Å². The number of nitrogens with one attached hydrogen (secondary N) is 1. The molecule has 7 heteroatoms. The van der Waals surface area contributed by atoms with Crippen molar-refractivity contribution in [2.75, 3.05) is 7.11 Å². The predicted molar refractivity (Wildman–Crippen MR) is 124 cm³/mol. The van der Waals surface area contributed by atoms with Crippen LogP contribution in [-0.2, 0) is 6.61 Å². The third kappa shape index (κ3) is 4.73. The predicted octanol–water partition coefficient (Wildman–Crippen LogP) is 5.39. The standard InChI is InChI=1S/C24H22N4O2S/c1-17-8-6-7-11-20(17)23-26-27-24(31)28(23)25-15-19-12-13-21(22(14-19)29-2)30-16-18-9-4-3-5-10-18/h3-15H,16H2,1-2H3,(H,27,31)/b25-15-. The molecule has 0 aliphatic carbocycles. The Balaban J connectivity index is 1.57. The summed E-state index contributed by atoms with van der Waals surface area (Å²) < 4.78 is 13.5. The van der Waals surface area contributed by atoms with Gasteiger partial charge in [-0.05, 0) is 54.0 Å². The minimum atomic E-state index is 0.421. The average molecular weight is 431 g/mol. The molecular weight excluding hydrogens is 408 g/mol. The van der Waals surface area contributed by atoms with Gasteiger partial charge < -0.3 is 9.47 Å². The summed E-state index contributed by atoms with van der Waals surface area (Å²) in [7, 11) is 1.62. The number of aromatic amines is 1. The van der Waals surface area contributed by atoms with Crippen LogP contribution >= 0.6 is 12.2 Å². The zero-order valence-electron chi connectivity index (χ0n) is 17.3. The second kappa shape index (κ2) is 9.40. The first-order valence-electron chi connectivity index (χ1n) is 9.78. The first-order chi connectivity index (χ1) is 15.2. The first-order valence-corrected chi connectivity index (χ1v) is 10.2. The summed E-state index contributed by atoms with van der Waals surface area (Å²) in [6.45, 7) is 2.49. The van der Waals surface area contributed by atoms with Crippen LogP contribution in [0, 0.1) is 11.7 Å². The molecule has 0 amide bonds. The van der Waals surface area contributed by atoms with E-state index in [9.17, 15) is 0 Å². The number of ether oxygens (including phenoxy) is 2. The molecule has 156 valence electrons. The minimum Gasteiger partial charge on any atom is -0.493 e. The van der Waals surface area contributed by atoms with Gasteiger partial charge in [0.05, 0.1) is 13.3 Å². The van der Waals surface area contributed by atoms with Crippen molar-refractivity contribution in [2.24, 2.45) is 5.10 Å². The number of rotatable bonds is 7. The molecule has 31 heavy (non-hydrogen) atoms. The van der Waals surface area contributed by atoms with Crippen LogP contribution in [0.4, 0.5) is 0 Å². The molecule has 0 fully saturated rings. The molecule has 0 bridgehead atoms. The van der Waals surface area contributed by atoms with Gasteiger partial charge in [-0.25, -0.2) is 5.10 Å². The Morgan fingerprint density at radius 1 is 1.03 bits per heavy atom. The van der Waals surface area contributed by atoms with Gasteiger partial charge in [-0.15, -0.1) is 0 Å². The van der Waals surface area contributed by atoms with Crippen LogP contribution in [0.2, 0.25) is 0 Å². The maximum absolute atomic E-state index is 5.92. The molecule has 0 aliphatic rings. The fourth-order valence-electron chi connectivity index (χ4n) is 3.14. The summed E-state index contributed by atoms with van der Waals surface area (Å²) in [6, 6.07) is 23.6. The second-order valence-electron chi connectivity index (χ2n) is 6.91. The third-order valence-electron chi connectivity index (χ3n) is 4.78. The molecule has 0 atom stereocenters. The van der Waals surface area contributed by atoms with Crippen LogP contribution in [0.15, 0.2) is 77.9 Å². The van der Waals surface area contributed by atoms with Crippen LogP contribution in [0.3, 0.4) is 0 Å². The van der Waals surface area contributed by atoms with Crippen molar-refractivity contribution in [3.05, 3.63) is 94.3 Å². The number of nitrogens with zero attached hydrogens (tertiary/aromatic N) is 3. The molecule has 4 rings (SSSR count). The van der Waals surface area contributed by atoms with E-state index in [1.807, 2.05) is 79.7 Å². The monoisotopic (exact) mass is 430 g/mol. The summed E-state index contributed by atoms with van der Waals surface area (Å²) in [5.41, 5.74) is 4.00. The summed E-state index contributed by atoms with van der Waals surface area (Å²) in [5.74, 6) is 1.97. The van der Waals surface area contributed by atoms with E-state index >= 15 is 0 Å². The van der Waals surface area contributed by atoms with Gasteiger partial charge in [0.25, 0.3) is 0 Å². The number of aryl methyl sites for hydroxylation is 1. The lowest BCUT2D eigenvalue weighted by Crippen LogP contribution is -1.99. The van der Waals surface area contributed by atoms with Crippen LogP contribution in [-0.4, -0.2) is 28.2 Å². The molecule has 0 saturated heterocycles. The van der Waals surface area contributed by atoms with E-state index in [1.165, 1.54) is 0 Å². The molecular formula is C24H22N4O2S. The summed E-state index contributed by atoms with van der Waals surface area (Å²) in [4.78, 5) is 0. The molecule has 1 aromatic heterocycles. The van der Waals surface area contributed by atoms with Crippen molar-refractivity contribution in [1.82, 2.24) is 14.9 Å². The molecule has 4 aromatic rings. The van der Waals surface area contributed by atoms with E-state index in [1.54, 1.807) is 18.0 Å². The fraction of sp³-hybridized carbons (Fsp3) is 0.125. The molecule has 0 unspecified atom stereocenters. The molecule has 0 radical (unpaired) electrons. The highest BCUT2D eigenvalue weighted by Gasteiger charge is 2.10. The quantitative estimate of drug-likeness (QED) is 0.316. The Labute approximate surface area is 185 Å². The first kappa shape index (κ1) is 20.6. The Bertz CT molecular complexity index is 1260. The van der Waals surface area contributed by atoms with Gasteiger partial charge >= 0.3 is 0 Å². The molecule has 3 aromatic carbocycles. The Hall–Kier alpha value is -3.71. The van der Waals surface area contributed by atoms with Crippen molar-refractivity contribution >= 4 is 18.4 Å². The van der Waals surface area contributed by atoms with Gasteiger partial charge in [0, 0.05) is 5.56 Å². The maximum Gasteiger partial charge on any atom is 0.216 e. The van der Waals surface area contributed by atoms with Crippen LogP contribution in [0.25, 0.3) is 11.4 Å². The Morgan fingerprint density at radius 3 is 2.58 bits per heavy atom. The van der Waals surface area contributed by atoms with E-state index in [4.69, 9.17) is 21.7 Å². The van der Waals surface area contributed by atoms with Gasteiger partial charge in [0.15, 0.2) is 17.3 Å². The number of methoxy groups -OCH3 is 1. The van der Waals surface area contributed by atoms with Crippen LogP contribution in [0.1, 0.15) is 16.7 Å². The van der Waals surface area contributed by atoms with E-state index in [2.05, 4.69) is 15.3 Å². The number of benzene rings is 3. The number of hydrogen-bond donors (Lipinski definition) is 1. The van der Waals surface area contributed by atoms with Crippen molar-refractivity contribution < 1.29 is 9.47 Å². The molecule has 0 spiro atoms. The summed E-state index contributed by atoms with van der Waals surface area (Å²) in [6.07, 6.45) is 1.72. The third-order valence-corrected chi connectivity index (χ3v) is 5.05. The van der Waals surface area contributed by atoms with Gasteiger partial charge in [0.2, 0.25) is 4.77 Å². The minimum absolute atomic E-state index is 0.421. The lowest BCUT2D eigenvalue weighted by molar-refractivity contribution is 0.284. The molecule has 1 N–H and O–H groups in total. The highest BCUT2D eigenvalue weighted by atomic mass is 32.1. The summed E-state index contributed by atoms with van der Waals surface area (Å²) >= 11 is 5.37. The van der Waals surface area contributed by atoms with Gasteiger partial charge in [-0.1, -0.05) is 54.6 Å². The van der Waals surface area contributed by atoms with Crippen molar-refractivity contribution in [1.29, 1.82) is 0 Å². The number of aromatic nitrogens is 3. The molecule has 0 aliphatic heterocycles. The average Bonchev–Trinajstić information content (AvgIpc) is 3.17. The van der Waals surface area contributed by atoms with E-state index in [-0.39, 0.29) is 0 Å². The summed E-state index contributed by atoms with van der Waals surface area (Å²) in [5, 5.41) is 11.7. The van der Waals surface area contributed by atoms with Gasteiger partial charge in [-0.2, -0.15) is 14.9 Å². The number of hydrogen-bond acceptors (Lipinski definition) is 5. The molecule has 0 saturated carbocycles. The molecule has 6 nitrogen and oxygen atoms in total. The topological polar surface area (TPSA) is 64.4 Å². The van der Waals surface area contributed by atoms with E-state index < -0.39 is 0 Å². The van der Waals surface area contributed by atoms with Crippen molar-refractivity contribution in [3.8, 4) is 22.9 Å². The highest BCUT2D eigenvalue weighted by molar-refractivity contribution is 7.71. The Kier molecular flexibility index (Phi) is 6.24. The van der Waals surface area contributed by atoms with E-state index in [0.717, 1.165) is 22.3 Å². The maximum atomic E-state index is 5.92. The normalized spacial score (nSPS) is 11.0. The Morgan fingerprint density at radius 2 is 1.81 bits per heavy atom. The lowest BCUT2D eigenvalue weighted by Gasteiger charge is -2.11. The fourth-order valence-corrected chi connectivity index (χ4v) is 3.32. The zero-order valence-corrected chi connectivity index (χ0v) is 18.1. The van der Waals surface area contributed by atoms with Crippen LogP contribution < -0.4 is 9.47 Å². The van der Waals surface area contributed by atoms with Crippen molar-refractivity contribution in [3.63, 3.8) is 0 Å². The SMILES string of the molecule is COc1cc(/C=N\n2c(-c3ccccc3C)n[nH]c2=S)ccc1OCc1ccccc1. The smallest absolute Gasteiger partial charge is 0.216 e. The van der Waals surface area contributed by atoms with Gasteiger partial charge in [0.1, 0.15) is 6.61 Å². The number of H-pyrrole nitrogens is 1. The van der Waals surface area contributed by atoms with Gasteiger partial charge in [-0.3, -0.25) is 0 Å². The van der Waals surface area contributed by atoms with E-state index in [0.29, 0.717) is 28.7 Å². The lowest BCUT2D eigenvalue weighted by atomic mass is 10.1.